The minimum atomic E-state index is 0. The fraction of sp³-hybridized carbons (Fsp3) is 0.375. The number of aromatic nitrogens is 3. The lowest BCUT2D eigenvalue weighted by molar-refractivity contribution is -0.117. The van der Waals surface area contributed by atoms with Crippen molar-refractivity contribution in [3.8, 4) is 11.1 Å². The quantitative estimate of drug-likeness (QED) is 0.584. The predicted octanol–water partition coefficient (Wildman–Crippen LogP) is 4.19. The van der Waals surface area contributed by atoms with E-state index in [1.54, 1.807) is 13.1 Å². The van der Waals surface area contributed by atoms with Gasteiger partial charge >= 0.3 is 0 Å². The van der Waals surface area contributed by atoms with Crippen LogP contribution in [0.15, 0.2) is 48.9 Å². The number of carbonyl (C=O) groups excluding carboxylic acids is 1. The van der Waals surface area contributed by atoms with Crippen molar-refractivity contribution < 1.29 is 4.79 Å². The number of anilines is 2. The molecule has 1 aromatic carbocycles. The Kier molecular flexibility index (Phi) is 7.53. The molecule has 0 radical (unpaired) electrons. The topological polar surface area (TPSA) is 75.1 Å². The standard InChI is InChI=1S/C24H30N6O.ClH/c1-16-6-5-9-26-24(16)28-22-12-17(2)30(18(3)31)23-8-7-19(13-21(22)23)20-14-27-29(15-20)11-10-25-4;/h5-9,13-15,17,22,25H,10-12H2,1-4H3,(H,26,28);1H/t17-,22+;/m0./s1. The average Bonchev–Trinajstić information content (AvgIpc) is 3.22. The molecule has 0 aliphatic carbocycles. The molecule has 8 heteroatoms. The van der Waals surface area contributed by atoms with E-state index in [-0.39, 0.29) is 30.4 Å². The Balaban J connectivity index is 0.00000289. The van der Waals surface area contributed by atoms with E-state index in [0.717, 1.165) is 53.3 Å². The van der Waals surface area contributed by atoms with E-state index in [0.29, 0.717) is 0 Å². The van der Waals surface area contributed by atoms with Gasteiger partial charge in [-0.1, -0.05) is 12.1 Å². The molecule has 170 valence electrons. The molecule has 0 spiro atoms. The van der Waals surface area contributed by atoms with Crippen molar-refractivity contribution >= 4 is 29.8 Å². The second-order valence-electron chi connectivity index (χ2n) is 8.21. The summed E-state index contributed by atoms with van der Waals surface area (Å²) in [5.74, 6) is 0.945. The number of hydrogen-bond donors (Lipinski definition) is 2. The molecular formula is C24H31ClN6O. The van der Waals surface area contributed by atoms with Gasteiger partial charge in [-0.3, -0.25) is 9.48 Å². The van der Waals surface area contributed by atoms with E-state index in [2.05, 4.69) is 65.0 Å². The zero-order valence-corrected chi connectivity index (χ0v) is 19.8. The molecular weight excluding hydrogens is 424 g/mol. The fourth-order valence-electron chi connectivity index (χ4n) is 4.32. The first-order chi connectivity index (χ1) is 15.0. The molecule has 2 N–H and O–H groups in total. The number of carbonyl (C=O) groups is 1. The van der Waals surface area contributed by atoms with Crippen molar-refractivity contribution in [1.29, 1.82) is 0 Å². The van der Waals surface area contributed by atoms with E-state index in [9.17, 15) is 4.79 Å². The number of nitrogens with zero attached hydrogens (tertiary/aromatic N) is 4. The number of hydrogen-bond acceptors (Lipinski definition) is 5. The largest absolute Gasteiger partial charge is 0.363 e. The maximum Gasteiger partial charge on any atom is 0.224 e. The third kappa shape index (κ3) is 4.79. The first kappa shape index (κ1) is 23.8. The summed E-state index contributed by atoms with van der Waals surface area (Å²) in [5, 5.41) is 11.3. The highest BCUT2D eigenvalue weighted by Gasteiger charge is 2.33. The van der Waals surface area contributed by atoms with Gasteiger partial charge in [0.25, 0.3) is 0 Å². The summed E-state index contributed by atoms with van der Waals surface area (Å²) in [5.41, 5.74) is 5.34. The van der Waals surface area contributed by atoms with Crippen LogP contribution in [0.5, 0.6) is 0 Å². The van der Waals surface area contributed by atoms with Crippen LogP contribution < -0.4 is 15.5 Å². The Morgan fingerprint density at radius 3 is 2.78 bits per heavy atom. The van der Waals surface area contributed by atoms with E-state index in [1.165, 1.54) is 0 Å². The Labute approximate surface area is 195 Å². The highest BCUT2D eigenvalue weighted by atomic mass is 35.5. The van der Waals surface area contributed by atoms with Crippen molar-refractivity contribution in [2.45, 2.75) is 45.8 Å². The minimum Gasteiger partial charge on any atom is -0.363 e. The number of nitrogens with one attached hydrogen (secondary N) is 2. The number of likely N-dealkylation sites (N-methyl/N-ethyl adjacent to an activating group) is 1. The van der Waals surface area contributed by atoms with Crippen molar-refractivity contribution in [3.63, 3.8) is 0 Å². The first-order valence-corrected chi connectivity index (χ1v) is 10.8. The molecule has 3 aromatic rings. The lowest BCUT2D eigenvalue weighted by atomic mass is 9.89. The van der Waals surface area contributed by atoms with Crippen LogP contribution >= 0.6 is 12.4 Å². The third-order valence-electron chi connectivity index (χ3n) is 5.90. The summed E-state index contributed by atoms with van der Waals surface area (Å²) in [7, 11) is 1.94. The van der Waals surface area contributed by atoms with Gasteiger partial charge in [-0.05, 0) is 62.2 Å². The number of rotatable bonds is 6. The summed E-state index contributed by atoms with van der Waals surface area (Å²) in [6.45, 7) is 7.48. The number of benzene rings is 1. The van der Waals surface area contributed by atoms with Crippen LogP contribution in [0, 0.1) is 6.92 Å². The van der Waals surface area contributed by atoms with Crippen LogP contribution in [-0.2, 0) is 11.3 Å². The molecule has 1 aliphatic heterocycles. The van der Waals surface area contributed by atoms with Gasteiger partial charge in [0.05, 0.1) is 18.8 Å². The summed E-state index contributed by atoms with van der Waals surface area (Å²) in [6, 6.07) is 10.5. The van der Waals surface area contributed by atoms with E-state index in [4.69, 9.17) is 0 Å². The number of halogens is 1. The van der Waals surface area contributed by atoms with Crippen LogP contribution in [-0.4, -0.2) is 40.3 Å². The van der Waals surface area contributed by atoms with Crippen molar-refractivity contribution in [2.75, 3.05) is 23.8 Å². The number of fused-ring (bicyclic) bond motifs is 1. The number of aryl methyl sites for hydroxylation is 1. The second kappa shape index (κ2) is 10.1. The van der Waals surface area contributed by atoms with Crippen molar-refractivity contribution in [1.82, 2.24) is 20.1 Å². The molecule has 1 aliphatic rings. The summed E-state index contributed by atoms with van der Waals surface area (Å²) in [6.07, 6.45) is 6.59. The molecule has 0 fully saturated rings. The van der Waals surface area contributed by atoms with Gasteiger partial charge in [0, 0.05) is 43.2 Å². The molecule has 1 amide bonds. The Morgan fingerprint density at radius 1 is 1.25 bits per heavy atom. The predicted molar refractivity (Wildman–Crippen MR) is 131 cm³/mol. The molecule has 0 unspecified atom stereocenters. The Bertz CT molecular complexity index is 1080. The molecule has 2 atom stereocenters. The molecule has 3 heterocycles. The SMILES string of the molecule is CNCCn1cc(-c2ccc3c(c2)[C@H](Nc2ncccc2C)C[C@H](C)N3C(C)=O)cn1.Cl. The van der Waals surface area contributed by atoms with Gasteiger partial charge in [-0.25, -0.2) is 4.98 Å². The second-order valence-corrected chi connectivity index (χ2v) is 8.21. The van der Waals surface area contributed by atoms with Gasteiger partial charge in [0.2, 0.25) is 5.91 Å². The molecule has 7 nitrogen and oxygen atoms in total. The lowest BCUT2D eigenvalue weighted by Crippen LogP contribution is -2.43. The summed E-state index contributed by atoms with van der Waals surface area (Å²) in [4.78, 5) is 18.9. The first-order valence-electron chi connectivity index (χ1n) is 10.8. The Hall–Kier alpha value is -2.90. The van der Waals surface area contributed by atoms with Crippen LogP contribution in [0.2, 0.25) is 0 Å². The maximum atomic E-state index is 12.4. The van der Waals surface area contributed by atoms with E-state index < -0.39 is 0 Å². The van der Waals surface area contributed by atoms with Gasteiger partial charge < -0.3 is 15.5 Å². The van der Waals surface area contributed by atoms with E-state index >= 15 is 0 Å². The zero-order valence-electron chi connectivity index (χ0n) is 19.0. The molecule has 0 saturated carbocycles. The molecule has 0 saturated heterocycles. The van der Waals surface area contributed by atoms with Crippen LogP contribution in [0.1, 0.15) is 37.4 Å². The van der Waals surface area contributed by atoms with Gasteiger partial charge in [0.1, 0.15) is 5.82 Å². The van der Waals surface area contributed by atoms with E-state index in [1.807, 2.05) is 28.9 Å². The zero-order chi connectivity index (χ0) is 22.0. The van der Waals surface area contributed by atoms with Crippen LogP contribution in [0.25, 0.3) is 11.1 Å². The summed E-state index contributed by atoms with van der Waals surface area (Å²) >= 11 is 0. The van der Waals surface area contributed by atoms with Crippen LogP contribution in [0.4, 0.5) is 11.5 Å². The fourth-order valence-corrected chi connectivity index (χ4v) is 4.32. The lowest BCUT2D eigenvalue weighted by Gasteiger charge is -2.39. The number of pyridine rings is 1. The van der Waals surface area contributed by atoms with Gasteiger partial charge in [-0.2, -0.15) is 5.10 Å². The third-order valence-corrected chi connectivity index (χ3v) is 5.90. The average molecular weight is 455 g/mol. The van der Waals surface area contributed by atoms with Gasteiger partial charge in [0.15, 0.2) is 0 Å². The maximum absolute atomic E-state index is 12.4. The summed E-state index contributed by atoms with van der Waals surface area (Å²) < 4.78 is 1.95. The van der Waals surface area contributed by atoms with Gasteiger partial charge in [-0.15, -0.1) is 12.4 Å². The highest BCUT2D eigenvalue weighted by molar-refractivity contribution is 5.94. The minimum absolute atomic E-state index is 0. The monoisotopic (exact) mass is 454 g/mol. The smallest absolute Gasteiger partial charge is 0.224 e. The van der Waals surface area contributed by atoms with Crippen LogP contribution in [0.3, 0.4) is 0 Å². The number of amides is 1. The molecule has 2 aromatic heterocycles. The molecule has 4 rings (SSSR count). The molecule has 0 bridgehead atoms. The van der Waals surface area contributed by atoms with Crippen molar-refractivity contribution in [2.24, 2.45) is 0 Å². The van der Waals surface area contributed by atoms with Crippen molar-refractivity contribution in [3.05, 3.63) is 60.0 Å². The molecule has 32 heavy (non-hydrogen) atoms. The normalized spacial score (nSPS) is 17.4. The Morgan fingerprint density at radius 2 is 2.06 bits per heavy atom. The highest BCUT2D eigenvalue weighted by Crippen LogP contribution is 2.41.